The zero-order valence-corrected chi connectivity index (χ0v) is 5.43. The van der Waals surface area contributed by atoms with Crippen LogP contribution in [0, 0.1) is 0 Å². The van der Waals surface area contributed by atoms with E-state index in [-0.39, 0.29) is 0 Å². The zero-order chi connectivity index (χ0) is 5.98. The first-order chi connectivity index (χ1) is 3.88. The van der Waals surface area contributed by atoms with Crippen molar-refractivity contribution in [1.29, 1.82) is 0 Å². The van der Waals surface area contributed by atoms with Crippen LogP contribution in [-0.2, 0) is 0 Å². The minimum atomic E-state index is 0.731. The van der Waals surface area contributed by atoms with Gasteiger partial charge in [-0.2, -0.15) is 0 Å². The summed E-state index contributed by atoms with van der Waals surface area (Å²) >= 11 is 0. The van der Waals surface area contributed by atoms with Crippen LogP contribution in [0.2, 0.25) is 0 Å². The van der Waals surface area contributed by atoms with Crippen molar-refractivity contribution in [3.05, 3.63) is 0 Å². The van der Waals surface area contributed by atoms with Crippen LogP contribution >= 0.6 is 0 Å². The van der Waals surface area contributed by atoms with E-state index in [9.17, 15) is 0 Å². The third kappa shape index (κ3) is 1.20. The van der Waals surface area contributed by atoms with Gasteiger partial charge in [0.25, 0.3) is 0 Å². The van der Waals surface area contributed by atoms with Crippen molar-refractivity contribution in [2.75, 3.05) is 19.6 Å². The summed E-state index contributed by atoms with van der Waals surface area (Å²) < 4.78 is 0. The first kappa shape index (κ1) is 6.05. The molecule has 1 heterocycles. The van der Waals surface area contributed by atoms with Gasteiger partial charge in [-0.25, -0.2) is 0 Å². The number of nitrogens with zero attached hydrogens (tertiary/aromatic N) is 1. The highest BCUT2D eigenvalue weighted by atomic mass is 15.3. The summed E-state index contributed by atoms with van der Waals surface area (Å²) in [6.07, 6.45) is 1.26. The number of nitrogens with two attached hydrogens (primary N) is 1. The molecule has 2 unspecified atom stereocenters. The lowest BCUT2D eigenvalue weighted by Gasteiger charge is -1.95. The smallest absolute Gasteiger partial charge is 0.0346 e. The van der Waals surface area contributed by atoms with E-state index in [0.717, 1.165) is 12.6 Å². The average molecular weight is 114 g/mol. The molecule has 2 heteroatoms. The SMILES string of the molecule is CCCN1CC1CN. The summed E-state index contributed by atoms with van der Waals surface area (Å²) in [4.78, 5) is 2.40. The third-order valence-corrected chi connectivity index (χ3v) is 1.61. The second-order valence-corrected chi connectivity index (χ2v) is 2.38. The van der Waals surface area contributed by atoms with Crippen LogP contribution in [-0.4, -0.2) is 30.6 Å². The summed E-state index contributed by atoms with van der Waals surface area (Å²) in [6, 6.07) is 0.731. The molecular weight excluding hydrogens is 100 g/mol. The molecule has 2 N–H and O–H groups in total. The summed E-state index contributed by atoms with van der Waals surface area (Å²) in [5.74, 6) is 0. The lowest BCUT2D eigenvalue weighted by Crippen LogP contribution is -2.12. The summed E-state index contributed by atoms with van der Waals surface area (Å²) in [5, 5.41) is 0. The Bertz CT molecular complexity index is 72.9. The van der Waals surface area contributed by atoms with Gasteiger partial charge in [0.2, 0.25) is 0 Å². The second kappa shape index (κ2) is 2.46. The van der Waals surface area contributed by atoms with Crippen LogP contribution in [0.3, 0.4) is 0 Å². The summed E-state index contributed by atoms with van der Waals surface area (Å²) in [6.45, 7) is 5.53. The molecule has 48 valence electrons. The molecular formula is C6H14N2. The van der Waals surface area contributed by atoms with E-state index < -0.39 is 0 Å². The van der Waals surface area contributed by atoms with Crippen LogP contribution < -0.4 is 5.73 Å². The van der Waals surface area contributed by atoms with Gasteiger partial charge in [-0.3, -0.25) is 4.90 Å². The minimum absolute atomic E-state index is 0.731. The zero-order valence-electron chi connectivity index (χ0n) is 5.43. The van der Waals surface area contributed by atoms with Gasteiger partial charge in [-0.05, 0) is 13.0 Å². The Labute approximate surface area is 50.7 Å². The molecule has 0 aromatic rings. The van der Waals surface area contributed by atoms with E-state index in [2.05, 4.69) is 11.8 Å². The second-order valence-electron chi connectivity index (χ2n) is 2.38. The maximum Gasteiger partial charge on any atom is 0.0346 e. The topological polar surface area (TPSA) is 29.0 Å². The Morgan fingerprint density at radius 3 is 2.88 bits per heavy atom. The van der Waals surface area contributed by atoms with Crippen molar-refractivity contribution in [3.63, 3.8) is 0 Å². The molecule has 1 fully saturated rings. The fraction of sp³-hybridized carbons (Fsp3) is 1.00. The standard InChI is InChI=1S/C6H14N2/c1-2-3-8-5-6(8)4-7/h6H,2-5,7H2,1H3. The molecule has 0 spiro atoms. The van der Waals surface area contributed by atoms with Gasteiger partial charge >= 0.3 is 0 Å². The molecule has 1 rings (SSSR count). The van der Waals surface area contributed by atoms with Crippen molar-refractivity contribution in [2.24, 2.45) is 5.73 Å². The molecule has 0 saturated carbocycles. The maximum absolute atomic E-state index is 5.41. The van der Waals surface area contributed by atoms with E-state index >= 15 is 0 Å². The number of rotatable bonds is 3. The van der Waals surface area contributed by atoms with Crippen LogP contribution in [0.15, 0.2) is 0 Å². The van der Waals surface area contributed by atoms with Crippen LogP contribution in [0.1, 0.15) is 13.3 Å². The van der Waals surface area contributed by atoms with Gasteiger partial charge in [0.05, 0.1) is 0 Å². The van der Waals surface area contributed by atoms with E-state index in [1.165, 1.54) is 19.5 Å². The van der Waals surface area contributed by atoms with Gasteiger partial charge in [-0.1, -0.05) is 6.92 Å². The highest BCUT2D eigenvalue weighted by molar-refractivity contribution is 4.88. The van der Waals surface area contributed by atoms with Crippen molar-refractivity contribution < 1.29 is 0 Å². The lowest BCUT2D eigenvalue weighted by molar-refractivity contribution is 0.504. The molecule has 1 aliphatic rings. The molecule has 0 radical (unpaired) electrons. The van der Waals surface area contributed by atoms with Gasteiger partial charge in [-0.15, -0.1) is 0 Å². The first-order valence-corrected chi connectivity index (χ1v) is 3.32. The molecule has 2 nitrogen and oxygen atoms in total. The third-order valence-electron chi connectivity index (χ3n) is 1.61. The van der Waals surface area contributed by atoms with Crippen molar-refractivity contribution in [2.45, 2.75) is 19.4 Å². The van der Waals surface area contributed by atoms with E-state index in [0.29, 0.717) is 0 Å². The predicted octanol–water partition coefficient (Wildman–Crippen LogP) is 0.0393. The van der Waals surface area contributed by atoms with E-state index in [4.69, 9.17) is 5.73 Å². The Balaban J connectivity index is 1.99. The molecule has 0 aromatic carbocycles. The minimum Gasteiger partial charge on any atom is -0.329 e. The molecule has 8 heavy (non-hydrogen) atoms. The Morgan fingerprint density at radius 2 is 2.50 bits per heavy atom. The van der Waals surface area contributed by atoms with Crippen molar-refractivity contribution >= 4 is 0 Å². The molecule has 0 amide bonds. The van der Waals surface area contributed by atoms with Crippen LogP contribution in [0.5, 0.6) is 0 Å². The highest BCUT2D eigenvalue weighted by Crippen LogP contribution is 2.14. The summed E-state index contributed by atoms with van der Waals surface area (Å²) in [5.41, 5.74) is 5.41. The normalized spacial score (nSPS) is 35.2. The number of hydrogen-bond acceptors (Lipinski definition) is 2. The van der Waals surface area contributed by atoms with Gasteiger partial charge in [0.1, 0.15) is 0 Å². The van der Waals surface area contributed by atoms with Crippen LogP contribution in [0.25, 0.3) is 0 Å². The van der Waals surface area contributed by atoms with Gasteiger partial charge < -0.3 is 5.73 Å². The Hall–Kier alpha value is -0.0800. The van der Waals surface area contributed by atoms with Gasteiger partial charge in [0, 0.05) is 19.1 Å². The molecule has 0 bridgehead atoms. The molecule has 1 aliphatic heterocycles. The van der Waals surface area contributed by atoms with Crippen molar-refractivity contribution in [1.82, 2.24) is 4.90 Å². The van der Waals surface area contributed by atoms with Crippen LogP contribution in [0.4, 0.5) is 0 Å². The largest absolute Gasteiger partial charge is 0.329 e. The van der Waals surface area contributed by atoms with E-state index in [1.54, 1.807) is 0 Å². The highest BCUT2D eigenvalue weighted by Gasteiger charge is 2.30. The molecule has 2 atom stereocenters. The molecule has 0 aromatic heterocycles. The maximum atomic E-state index is 5.41. The van der Waals surface area contributed by atoms with Crippen molar-refractivity contribution in [3.8, 4) is 0 Å². The lowest BCUT2D eigenvalue weighted by atomic mass is 10.4. The molecule has 1 saturated heterocycles. The monoisotopic (exact) mass is 114 g/mol. The quantitative estimate of drug-likeness (QED) is 0.525. The Morgan fingerprint density at radius 1 is 1.75 bits per heavy atom. The average Bonchev–Trinajstić information content (AvgIpc) is 2.48. The van der Waals surface area contributed by atoms with E-state index in [1.807, 2.05) is 0 Å². The first-order valence-electron chi connectivity index (χ1n) is 3.32. The Kier molecular flexibility index (Phi) is 1.86. The summed E-state index contributed by atoms with van der Waals surface area (Å²) in [7, 11) is 0. The predicted molar refractivity (Wildman–Crippen MR) is 34.7 cm³/mol. The fourth-order valence-corrected chi connectivity index (χ4v) is 1.01. The van der Waals surface area contributed by atoms with Gasteiger partial charge in [0.15, 0.2) is 0 Å². The number of hydrogen-bond donors (Lipinski definition) is 1. The molecule has 0 aliphatic carbocycles. The fourth-order valence-electron chi connectivity index (χ4n) is 1.01.